The highest BCUT2D eigenvalue weighted by atomic mass is 35.5. The van der Waals surface area contributed by atoms with Gasteiger partial charge in [-0.25, -0.2) is 8.42 Å². The van der Waals surface area contributed by atoms with Crippen molar-refractivity contribution in [1.29, 1.82) is 5.26 Å². The molecule has 1 heterocycles. The van der Waals surface area contributed by atoms with Gasteiger partial charge in [-0.05, 0) is 49.2 Å². The van der Waals surface area contributed by atoms with Crippen molar-refractivity contribution in [1.82, 2.24) is 0 Å². The lowest BCUT2D eigenvalue weighted by atomic mass is 10.1. The third-order valence-corrected chi connectivity index (χ3v) is 5.89. The highest BCUT2D eigenvalue weighted by Gasteiger charge is 2.32. The van der Waals surface area contributed by atoms with Gasteiger partial charge < -0.3 is 4.90 Å². The molecule has 0 spiro atoms. The van der Waals surface area contributed by atoms with Crippen LogP contribution in [-0.4, -0.2) is 8.42 Å². The first kappa shape index (κ1) is 15.6. The van der Waals surface area contributed by atoms with Crippen LogP contribution in [0.25, 0.3) is 0 Å². The van der Waals surface area contributed by atoms with Gasteiger partial charge in [-0.3, -0.25) is 0 Å². The second kappa shape index (κ2) is 5.41. The first-order chi connectivity index (χ1) is 10.9. The number of aryl methyl sites for hydroxylation is 1. The second-order valence-corrected chi connectivity index (χ2v) is 7.63. The Morgan fingerprint density at radius 1 is 1.13 bits per heavy atom. The lowest BCUT2D eigenvalue weighted by Gasteiger charge is -2.29. The summed E-state index contributed by atoms with van der Waals surface area (Å²) in [6.07, 6.45) is 1.36. The molecule has 0 saturated carbocycles. The molecule has 1 aliphatic rings. The van der Waals surface area contributed by atoms with E-state index in [0.29, 0.717) is 10.7 Å². The van der Waals surface area contributed by atoms with Crippen molar-refractivity contribution >= 4 is 32.8 Å². The van der Waals surface area contributed by atoms with Crippen LogP contribution in [0.2, 0.25) is 5.02 Å². The molecule has 0 atom stereocenters. The molecule has 0 amide bonds. The molecule has 0 unspecified atom stereocenters. The first-order valence-corrected chi connectivity index (χ1v) is 8.74. The molecule has 1 aliphatic heterocycles. The second-order valence-electron chi connectivity index (χ2n) is 5.31. The minimum atomic E-state index is -3.81. The molecule has 6 heteroatoms. The fraction of sp³-hybridized carbons (Fsp3) is 0.118. The summed E-state index contributed by atoms with van der Waals surface area (Å²) in [6.45, 7) is 3.94. The predicted octanol–water partition coefficient (Wildman–Crippen LogP) is 4.25. The van der Waals surface area contributed by atoms with E-state index in [4.69, 9.17) is 11.6 Å². The lowest BCUT2D eigenvalue weighted by molar-refractivity contribution is 0.602. The van der Waals surface area contributed by atoms with Crippen molar-refractivity contribution in [2.45, 2.75) is 18.7 Å². The van der Waals surface area contributed by atoms with Gasteiger partial charge in [0, 0.05) is 16.9 Å². The molecular formula is C17H13ClN2O2S. The van der Waals surface area contributed by atoms with E-state index in [1.807, 2.05) is 32.0 Å². The maximum atomic E-state index is 12.5. The fourth-order valence-electron chi connectivity index (χ4n) is 2.57. The number of hydrogen-bond acceptors (Lipinski definition) is 4. The number of allylic oxidation sites excluding steroid dienone is 1. The molecular weight excluding hydrogens is 332 g/mol. The summed E-state index contributed by atoms with van der Waals surface area (Å²) >= 11 is 6.06. The molecule has 116 valence electrons. The number of hydrogen-bond donors (Lipinski definition) is 0. The number of halogens is 1. The number of rotatable bonds is 1. The molecule has 0 bridgehead atoms. The molecule has 2 aromatic carbocycles. The van der Waals surface area contributed by atoms with Crippen LogP contribution in [0.5, 0.6) is 0 Å². The average Bonchev–Trinajstić information content (AvgIpc) is 2.50. The number of nitriles is 1. The highest BCUT2D eigenvalue weighted by molar-refractivity contribution is 7.95. The Bertz CT molecular complexity index is 988. The van der Waals surface area contributed by atoms with E-state index in [9.17, 15) is 13.7 Å². The number of benzene rings is 2. The zero-order chi connectivity index (χ0) is 16.8. The first-order valence-electron chi connectivity index (χ1n) is 6.88. The largest absolute Gasteiger partial charge is 0.313 e. The predicted molar refractivity (Wildman–Crippen MR) is 90.4 cm³/mol. The van der Waals surface area contributed by atoms with Crippen LogP contribution in [0.1, 0.15) is 11.1 Å². The van der Waals surface area contributed by atoms with E-state index in [0.717, 1.165) is 16.8 Å². The van der Waals surface area contributed by atoms with Gasteiger partial charge in [0.25, 0.3) is 0 Å². The number of anilines is 2. The molecule has 0 aliphatic carbocycles. The zero-order valence-electron chi connectivity index (χ0n) is 12.5. The van der Waals surface area contributed by atoms with E-state index in [1.54, 1.807) is 17.0 Å². The zero-order valence-corrected chi connectivity index (χ0v) is 14.1. The Morgan fingerprint density at radius 3 is 2.57 bits per heavy atom. The Hall–Kier alpha value is -2.29. The van der Waals surface area contributed by atoms with Crippen LogP contribution in [0.4, 0.5) is 11.4 Å². The molecule has 0 fully saturated rings. The number of nitrogens with zero attached hydrogens (tertiary/aromatic N) is 2. The van der Waals surface area contributed by atoms with Gasteiger partial charge in [-0.15, -0.1) is 0 Å². The van der Waals surface area contributed by atoms with Crippen molar-refractivity contribution in [3.63, 3.8) is 0 Å². The standard InChI is InChI=1S/C17H13ClN2O2S/c1-11-4-3-5-15(12(11)2)20-10-14(9-19)23(21,22)17-7-6-13(18)8-16(17)20/h3-8,10H,1-2H3. The minimum Gasteiger partial charge on any atom is -0.313 e. The Balaban J connectivity index is 2.36. The molecule has 4 nitrogen and oxygen atoms in total. The third-order valence-electron chi connectivity index (χ3n) is 3.95. The molecule has 0 radical (unpaired) electrons. The van der Waals surface area contributed by atoms with E-state index in [2.05, 4.69) is 0 Å². The van der Waals surface area contributed by atoms with Gasteiger partial charge in [0.1, 0.15) is 6.07 Å². The molecule has 23 heavy (non-hydrogen) atoms. The average molecular weight is 345 g/mol. The summed E-state index contributed by atoms with van der Waals surface area (Å²) in [5, 5.41) is 9.68. The number of sulfone groups is 1. The maximum Gasteiger partial charge on any atom is 0.220 e. The normalized spacial score (nSPS) is 15.6. The minimum absolute atomic E-state index is 0.0851. The molecule has 3 rings (SSSR count). The molecule has 0 N–H and O–H groups in total. The van der Waals surface area contributed by atoms with Crippen LogP contribution < -0.4 is 4.90 Å². The monoisotopic (exact) mass is 344 g/mol. The topological polar surface area (TPSA) is 61.2 Å². The lowest BCUT2D eigenvalue weighted by Crippen LogP contribution is -2.22. The van der Waals surface area contributed by atoms with Gasteiger partial charge in [-0.2, -0.15) is 5.26 Å². The number of fused-ring (bicyclic) bond motifs is 1. The quantitative estimate of drug-likeness (QED) is 0.776. The Morgan fingerprint density at radius 2 is 1.87 bits per heavy atom. The van der Waals surface area contributed by atoms with E-state index >= 15 is 0 Å². The summed E-state index contributed by atoms with van der Waals surface area (Å²) in [4.78, 5) is 1.51. The SMILES string of the molecule is Cc1cccc(N2C=C(C#N)S(=O)(=O)c3ccc(Cl)cc32)c1C. The third kappa shape index (κ3) is 2.40. The van der Waals surface area contributed by atoms with Crippen molar-refractivity contribution in [2.24, 2.45) is 0 Å². The van der Waals surface area contributed by atoms with Gasteiger partial charge in [-0.1, -0.05) is 23.7 Å². The van der Waals surface area contributed by atoms with Gasteiger partial charge >= 0.3 is 0 Å². The van der Waals surface area contributed by atoms with Gasteiger partial charge in [0.2, 0.25) is 9.84 Å². The van der Waals surface area contributed by atoms with Gasteiger partial charge in [0.05, 0.1) is 10.6 Å². The van der Waals surface area contributed by atoms with Crippen LogP contribution in [0, 0.1) is 25.2 Å². The maximum absolute atomic E-state index is 12.5. The summed E-state index contributed by atoms with van der Waals surface area (Å²) < 4.78 is 25.0. The highest BCUT2D eigenvalue weighted by Crippen LogP contribution is 2.41. The molecule has 0 saturated heterocycles. The molecule has 2 aromatic rings. The van der Waals surface area contributed by atoms with E-state index in [-0.39, 0.29) is 9.80 Å². The smallest absolute Gasteiger partial charge is 0.220 e. The fourth-order valence-corrected chi connectivity index (χ4v) is 4.01. The van der Waals surface area contributed by atoms with Crippen molar-refractivity contribution in [3.8, 4) is 6.07 Å². The van der Waals surface area contributed by atoms with Crippen LogP contribution in [0.15, 0.2) is 52.4 Å². The van der Waals surface area contributed by atoms with Crippen molar-refractivity contribution in [3.05, 3.63) is 63.7 Å². The van der Waals surface area contributed by atoms with E-state index < -0.39 is 9.84 Å². The summed E-state index contributed by atoms with van der Waals surface area (Å²) in [7, 11) is -3.81. The Kier molecular flexibility index (Phi) is 3.67. The van der Waals surface area contributed by atoms with Crippen LogP contribution >= 0.6 is 11.6 Å². The van der Waals surface area contributed by atoms with Crippen molar-refractivity contribution < 1.29 is 8.42 Å². The van der Waals surface area contributed by atoms with Crippen LogP contribution in [0.3, 0.4) is 0 Å². The Labute approximate surface area is 140 Å². The summed E-state index contributed by atoms with van der Waals surface area (Å²) in [5.74, 6) is 0. The molecule has 0 aromatic heterocycles. The van der Waals surface area contributed by atoms with Crippen molar-refractivity contribution in [2.75, 3.05) is 4.90 Å². The van der Waals surface area contributed by atoms with E-state index in [1.165, 1.54) is 18.3 Å². The van der Waals surface area contributed by atoms with Gasteiger partial charge in [0.15, 0.2) is 4.91 Å². The summed E-state index contributed by atoms with van der Waals surface area (Å²) in [5.41, 5.74) is 3.35. The summed E-state index contributed by atoms with van der Waals surface area (Å²) in [6, 6.07) is 12.1. The van der Waals surface area contributed by atoms with Crippen LogP contribution in [-0.2, 0) is 9.84 Å².